The number of hydrogen-bond donors (Lipinski definition) is 2. The van der Waals surface area contributed by atoms with E-state index in [-0.39, 0.29) is 5.91 Å². The van der Waals surface area contributed by atoms with Gasteiger partial charge in [0, 0.05) is 5.56 Å². The quantitative estimate of drug-likeness (QED) is 0.845. The maximum Gasteiger partial charge on any atom is 0.326 e. The van der Waals surface area contributed by atoms with E-state index in [0.29, 0.717) is 12.0 Å². The van der Waals surface area contributed by atoms with E-state index >= 15 is 0 Å². The van der Waals surface area contributed by atoms with Crippen LogP contribution in [0.4, 0.5) is 0 Å². The highest BCUT2D eigenvalue weighted by Gasteiger charge is 2.20. The Balaban J connectivity index is 2.08. The molecule has 1 atom stereocenters. The molecule has 1 amide bonds. The standard InChI is InChI=1S/C17H21NO3/c1-2-3-8-15(17(20)21)18-16(19)14-10-9-12-6-4-5-7-13(12)11-14/h4,6,9-11,15H,2-3,5,7-8H2,1H3,(H,18,19)(H,20,21). The minimum absolute atomic E-state index is 0.309. The number of amides is 1. The van der Waals surface area contributed by atoms with Crippen molar-refractivity contribution in [3.05, 3.63) is 41.0 Å². The summed E-state index contributed by atoms with van der Waals surface area (Å²) in [6.45, 7) is 2.00. The van der Waals surface area contributed by atoms with Crippen molar-refractivity contribution in [2.45, 2.75) is 45.1 Å². The number of allylic oxidation sites excluding steroid dienone is 1. The van der Waals surface area contributed by atoms with Crippen LogP contribution in [0.1, 0.15) is 54.1 Å². The van der Waals surface area contributed by atoms with Gasteiger partial charge in [0.1, 0.15) is 6.04 Å². The molecule has 0 spiro atoms. The molecule has 112 valence electrons. The number of benzene rings is 1. The van der Waals surface area contributed by atoms with Gasteiger partial charge in [-0.1, -0.05) is 38.0 Å². The molecule has 2 N–H and O–H groups in total. The van der Waals surface area contributed by atoms with E-state index in [9.17, 15) is 9.59 Å². The third-order valence-electron chi connectivity index (χ3n) is 3.73. The van der Waals surface area contributed by atoms with Gasteiger partial charge in [-0.2, -0.15) is 0 Å². The summed E-state index contributed by atoms with van der Waals surface area (Å²) >= 11 is 0. The first-order chi connectivity index (χ1) is 10.1. The smallest absolute Gasteiger partial charge is 0.326 e. The van der Waals surface area contributed by atoms with Crippen LogP contribution in [0.2, 0.25) is 0 Å². The molecule has 4 heteroatoms. The molecule has 0 heterocycles. The van der Waals surface area contributed by atoms with Gasteiger partial charge in [-0.05, 0) is 42.5 Å². The molecule has 1 aromatic rings. The molecule has 1 aromatic carbocycles. The molecule has 1 unspecified atom stereocenters. The Morgan fingerprint density at radius 2 is 2.19 bits per heavy atom. The predicted octanol–water partition coefficient (Wildman–Crippen LogP) is 3.02. The molecular weight excluding hydrogens is 266 g/mol. The van der Waals surface area contributed by atoms with Gasteiger partial charge in [0.15, 0.2) is 0 Å². The maximum absolute atomic E-state index is 12.2. The Bertz CT molecular complexity index is 563. The van der Waals surface area contributed by atoms with E-state index in [1.165, 1.54) is 0 Å². The molecule has 1 aliphatic rings. The monoisotopic (exact) mass is 287 g/mol. The molecular formula is C17H21NO3. The highest BCUT2D eigenvalue weighted by atomic mass is 16.4. The lowest BCUT2D eigenvalue weighted by Crippen LogP contribution is -2.40. The molecule has 0 saturated heterocycles. The third-order valence-corrected chi connectivity index (χ3v) is 3.73. The second kappa shape index (κ2) is 7.07. The molecule has 0 bridgehead atoms. The van der Waals surface area contributed by atoms with Crippen LogP contribution in [0.25, 0.3) is 6.08 Å². The molecule has 21 heavy (non-hydrogen) atoms. The Morgan fingerprint density at radius 1 is 1.38 bits per heavy atom. The average molecular weight is 287 g/mol. The van der Waals surface area contributed by atoms with Crippen LogP contribution in [-0.2, 0) is 11.2 Å². The summed E-state index contributed by atoms with van der Waals surface area (Å²) in [5, 5.41) is 11.8. The number of hydrogen-bond acceptors (Lipinski definition) is 2. The zero-order chi connectivity index (χ0) is 15.2. The maximum atomic E-state index is 12.2. The fourth-order valence-electron chi connectivity index (χ4n) is 2.48. The van der Waals surface area contributed by atoms with Crippen LogP contribution in [0.15, 0.2) is 24.3 Å². The van der Waals surface area contributed by atoms with E-state index in [2.05, 4.69) is 17.5 Å². The Labute approximate surface area is 124 Å². The fourth-order valence-corrected chi connectivity index (χ4v) is 2.48. The second-order valence-corrected chi connectivity index (χ2v) is 5.36. The molecule has 0 radical (unpaired) electrons. The Morgan fingerprint density at radius 3 is 2.90 bits per heavy atom. The first-order valence-corrected chi connectivity index (χ1v) is 7.45. The highest BCUT2D eigenvalue weighted by Crippen LogP contribution is 2.20. The minimum atomic E-state index is -0.974. The van der Waals surface area contributed by atoms with E-state index < -0.39 is 12.0 Å². The lowest BCUT2D eigenvalue weighted by atomic mass is 9.95. The topological polar surface area (TPSA) is 66.4 Å². The highest BCUT2D eigenvalue weighted by molar-refractivity contribution is 5.97. The lowest BCUT2D eigenvalue weighted by Gasteiger charge is -2.16. The SMILES string of the molecule is CCCCC(NC(=O)c1ccc2c(c1)CCC=C2)C(=O)O. The normalized spacial score (nSPS) is 14.3. The molecule has 0 fully saturated rings. The van der Waals surface area contributed by atoms with Gasteiger partial charge >= 0.3 is 5.97 Å². The van der Waals surface area contributed by atoms with Crippen molar-refractivity contribution in [1.82, 2.24) is 5.32 Å². The van der Waals surface area contributed by atoms with Crippen LogP contribution >= 0.6 is 0 Å². The summed E-state index contributed by atoms with van der Waals surface area (Å²) in [5.74, 6) is -1.28. The number of aliphatic carboxylic acids is 1. The molecule has 0 aliphatic heterocycles. The van der Waals surface area contributed by atoms with Crippen molar-refractivity contribution in [2.75, 3.05) is 0 Å². The first kappa shape index (κ1) is 15.3. The van der Waals surface area contributed by atoms with E-state index in [4.69, 9.17) is 5.11 Å². The zero-order valence-corrected chi connectivity index (χ0v) is 12.3. The van der Waals surface area contributed by atoms with Crippen molar-refractivity contribution in [1.29, 1.82) is 0 Å². The number of carbonyl (C=O) groups excluding carboxylic acids is 1. The summed E-state index contributed by atoms with van der Waals surface area (Å²) in [5.41, 5.74) is 2.82. The number of nitrogens with one attached hydrogen (secondary N) is 1. The number of carboxylic acid groups (broad SMARTS) is 1. The average Bonchev–Trinajstić information content (AvgIpc) is 2.50. The summed E-state index contributed by atoms with van der Waals surface area (Å²) < 4.78 is 0. The molecule has 1 aliphatic carbocycles. The van der Waals surface area contributed by atoms with Crippen molar-refractivity contribution in [3.8, 4) is 0 Å². The van der Waals surface area contributed by atoms with Gasteiger partial charge in [0.25, 0.3) is 5.91 Å². The van der Waals surface area contributed by atoms with Crippen molar-refractivity contribution < 1.29 is 14.7 Å². The Hall–Kier alpha value is -2.10. The van der Waals surface area contributed by atoms with Gasteiger partial charge in [-0.15, -0.1) is 0 Å². The molecule has 0 saturated carbocycles. The summed E-state index contributed by atoms with van der Waals surface area (Å²) in [6.07, 6.45) is 8.23. The number of carbonyl (C=O) groups is 2. The predicted molar refractivity (Wildman–Crippen MR) is 82.2 cm³/mol. The van der Waals surface area contributed by atoms with Gasteiger partial charge in [-0.3, -0.25) is 4.79 Å². The van der Waals surface area contributed by atoms with Gasteiger partial charge in [0.2, 0.25) is 0 Å². The third kappa shape index (κ3) is 3.94. The summed E-state index contributed by atoms with van der Waals surface area (Å²) in [7, 11) is 0. The largest absolute Gasteiger partial charge is 0.480 e. The Kier molecular flexibility index (Phi) is 5.14. The first-order valence-electron chi connectivity index (χ1n) is 7.45. The molecule has 0 aromatic heterocycles. The van der Waals surface area contributed by atoms with Crippen LogP contribution in [0, 0.1) is 0 Å². The minimum Gasteiger partial charge on any atom is -0.480 e. The molecule has 2 rings (SSSR count). The van der Waals surface area contributed by atoms with Crippen LogP contribution in [-0.4, -0.2) is 23.0 Å². The zero-order valence-electron chi connectivity index (χ0n) is 12.3. The van der Waals surface area contributed by atoms with Gasteiger partial charge < -0.3 is 10.4 Å². The number of unbranched alkanes of at least 4 members (excludes halogenated alkanes) is 1. The summed E-state index contributed by atoms with van der Waals surface area (Å²) in [6, 6.07) is 4.73. The van der Waals surface area contributed by atoms with Crippen LogP contribution < -0.4 is 5.32 Å². The van der Waals surface area contributed by atoms with Crippen LogP contribution in [0.5, 0.6) is 0 Å². The lowest BCUT2D eigenvalue weighted by molar-refractivity contribution is -0.139. The fraction of sp³-hybridized carbons (Fsp3) is 0.412. The van der Waals surface area contributed by atoms with Crippen LogP contribution in [0.3, 0.4) is 0 Å². The van der Waals surface area contributed by atoms with Crippen molar-refractivity contribution in [3.63, 3.8) is 0 Å². The van der Waals surface area contributed by atoms with Gasteiger partial charge in [-0.25, -0.2) is 4.79 Å². The number of aryl methyl sites for hydroxylation is 1. The van der Waals surface area contributed by atoms with E-state index in [1.807, 2.05) is 19.1 Å². The van der Waals surface area contributed by atoms with Crippen molar-refractivity contribution >= 4 is 18.0 Å². The van der Waals surface area contributed by atoms with E-state index in [1.54, 1.807) is 6.07 Å². The number of rotatable bonds is 6. The van der Waals surface area contributed by atoms with E-state index in [0.717, 1.165) is 36.8 Å². The summed E-state index contributed by atoms with van der Waals surface area (Å²) in [4.78, 5) is 23.4. The van der Waals surface area contributed by atoms with Crippen molar-refractivity contribution in [2.24, 2.45) is 0 Å². The molecule has 4 nitrogen and oxygen atoms in total. The number of carboxylic acids is 1. The number of fused-ring (bicyclic) bond motifs is 1. The second-order valence-electron chi connectivity index (χ2n) is 5.36. The van der Waals surface area contributed by atoms with Gasteiger partial charge in [0.05, 0.1) is 0 Å².